The zero-order valence-corrected chi connectivity index (χ0v) is 23.4. The van der Waals surface area contributed by atoms with Crippen molar-refractivity contribution in [2.75, 3.05) is 0 Å². The first-order chi connectivity index (χ1) is 17.0. The second-order valence-electron chi connectivity index (χ2n) is 12.9. The van der Waals surface area contributed by atoms with Gasteiger partial charge < -0.3 is 9.47 Å². The quantitative estimate of drug-likeness (QED) is 0.210. The molecule has 4 nitrogen and oxygen atoms in total. The molecule has 0 spiro atoms. The van der Waals surface area contributed by atoms with Crippen LogP contribution in [0.2, 0.25) is 0 Å². The number of carbonyl (C=O) groups is 2. The molecule has 2 fully saturated rings. The monoisotopic (exact) mass is 494 g/mol. The topological polar surface area (TPSA) is 52.6 Å². The first-order valence-corrected chi connectivity index (χ1v) is 14.2. The van der Waals surface area contributed by atoms with E-state index in [4.69, 9.17) is 9.47 Å². The summed E-state index contributed by atoms with van der Waals surface area (Å²) in [7, 11) is 0. The molecule has 0 heterocycles. The van der Waals surface area contributed by atoms with Crippen molar-refractivity contribution in [3.8, 4) is 5.75 Å². The first-order valence-electron chi connectivity index (χ1n) is 14.2. The third kappa shape index (κ3) is 5.58. The number of allylic oxidation sites excluding steroid dienone is 1. The van der Waals surface area contributed by atoms with E-state index in [1.807, 2.05) is 13.0 Å². The van der Waals surface area contributed by atoms with Crippen molar-refractivity contribution >= 4 is 11.9 Å². The average molecular weight is 495 g/mol. The Kier molecular flexibility index (Phi) is 8.02. The second kappa shape index (κ2) is 10.7. The Bertz CT molecular complexity index is 1010. The van der Waals surface area contributed by atoms with Gasteiger partial charge in [0.25, 0.3) is 0 Å². The molecule has 2 saturated carbocycles. The van der Waals surface area contributed by atoms with Crippen molar-refractivity contribution in [2.24, 2.45) is 35.0 Å². The van der Waals surface area contributed by atoms with E-state index in [1.165, 1.54) is 17.6 Å². The summed E-state index contributed by atoms with van der Waals surface area (Å²) in [5, 5.41) is 0. The maximum Gasteiger partial charge on any atom is 0.314 e. The summed E-state index contributed by atoms with van der Waals surface area (Å²) in [6.45, 7) is 15.0. The standard InChI is InChI=1S/C32H46O4/c1-19(2)13-30(33)35-29-14-22(6)26-17-27(29)32(26,7)18-23-9-8-10-25(15-23)31(34)36-28-16-24(20(3)4)12-11-21(28)5/h11-12,14,16,19-20,23,25-27,29H,8-10,13,15,17-18H2,1-7H3. The van der Waals surface area contributed by atoms with E-state index in [1.54, 1.807) is 0 Å². The van der Waals surface area contributed by atoms with Gasteiger partial charge in [0.05, 0.1) is 5.92 Å². The minimum Gasteiger partial charge on any atom is -0.458 e. The van der Waals surface area contributed by atoms with Gasteiger partial charge in [-0.05, 0) is 91.9 Å². The van der Waals surface area contributed by atoms with Crippen LogP contribution in [0, 0.1) is 41.9 Å². The number of aryl methyl sites for hydroxylation is 1. The van der Waals surface area contributed by atoms with Gasteiger partial charge in [-0.1, -0.05) is 65.2 Å². The highest BCUT2D eigenvalue weighted by molar-refractivity contribution is 5.75. The Balaban J connectivity index is 1.39. The molecule has 36 heavy (non-hydrogen) atoms. The molecule has 0 aliphatic heterocycles. The van der Waals surface area contributed by atoms with Crippen LogP contribution in [-0.4, -0.2) is 18.0 Å². The summed E-state index contributed by atoms with van der Waals surface area (Å²) in [6, 6.07) is 6.21. The number of benzene rings is 1. The Morgan fingerprint density at radius 1 is 1.08 bits per heavy atom. The number of hydrogen-bond acceptors (Lipinski definition) is 4. The van der Waals surface area contributed by atoms with Gasteiger partial charge in [-0.2, -0.15) is 0 Å². The van der Waals surface area contributed by atoms with Gasteiger partial charge >= 0.3 is 11.9 Å². The summed E-state index contributed by atoms with van der Waals surface area (Å²) in [4.78, 5) is 25.7. The van der Waals surface area contributed by atoms with Crippen molar-refractivity contribution in [3.63, 3.8) is 0 Å². The fourth-order valence-electron chi connectivity index (χ4n) is 7.13. The molecule has 0 radical (unpaired) electrons. The fourth-order valence-corrected chi connectivity index (χ4v) is 7.13. The van der Waals surface area contributed by atoms with Crippen molar-refractivity contribution in [1.82, 2.24) is 0 Å². The summed E-state index contributed by atoms with van der Waals surface area (Å²) >= 11 is 0. The highest BCUT2D eigenvalue weighted by Crippen LogP contribution is 2.63. The van der Waals surface area contributed by atoms with Crippen molar-refractivity contribution < 1.29 is 19.1 Å². The van der Waals surface area contributed by atoms with Crippen LogP contribution in [0.1, 0.15) is 104 Å². The molecule has 0 aromatic heterocycles. The molecule has 5 rings (SSSR count). The normalized spacial score (nSPS) is 31.6. The van der Waals surface area contributed by atoms with E-state index in [0.29, 0.717) is 41.8 Å². The molecule has 2 bridgehead atoms. The molecule has 0 amide bonds. The first kappa shape index (κ1) is 26.9. The van der Waals surface area contributed by atoms with Crippen LogP contribution < -0.4 is 4.74 Å². The van der Waals surface area contributed by atoms with Crippen LogP contribution in [-0.2, 0) is 14.3 Å². The molecule has 4 heteroatoms. The second-order valence-corrected chi connectivity index (χ2v) is 12.9. The number of hydrogen-bond donors (Lipinski definition) is 0. The molecular formula is C32H46O4. The van der Waals surface area contributed by atoms with Crippen LogP contribution in [0.15, 0.2) is 29.8 Å². The molecule has 1 aromatic carbocycles. The predicted octanol–water partition coefficient (Wildman–Crippen LogP) is 7.78. The number of carbonyl (C=O) groups excluding carboxylic acids is 2. The number of rotatable bonds is 8. The van der Waals surface area contributed by atoms with Gasteiger partial charge in [0.15, 0.2) is 0 Å². The molecule has 4 aliphatic rings. The Labute approximate surface area is 218 Å². The van der Waals surface area contributed by atoms with Crippen LogP contribution in [0.5, 0.6) is 5.75 Å². The predicted molar refractivity (Wildman–Crippen MR) is 144 cm³/mol. The highest BCUT2D eigenvalue weighted by atomic mass is 16.5. The molecule has 1 aromatic rings. The molecule has 6 unspecified atom stereocenters. The molecule has 198 valence electrons. The summed E-state index contributed by atoms with van der Waals surface area (Å²) < 4.78 is 12.0. The maximum atomic E-state index is 13.2. The number of ether oxygens (including phenoxy) is 2. The minimum absolute atomic E-state index is 0.0364. The van der Waals surface area contributed by atoms with Gasteiger partial charge in [0, 0.05) is 12.3 Å². The van der Waals surface area contributed by atoms with Crippen molar-refractivity contribution in [1.29, 1.82) is 0 Å². The lowest BCUT2D eigenvalue weighted by Crippen LogP contribution is -2.57. The average Bonchev–Trinajstić information content (AvgIpc) is 2.79. The maximum absolute atomic E-state index is 13.2. The third-order valence-corrected chi connectivity index (χ3v) is 9.28. The van der Waals surface area contributed by atoms with Gasteiger partial charge in [0.2, 0.25) is 0 Å². The van der Waals surface area contributed by atoms with E-state index in [0.717, 1.165) is 37.7 Å². The molecule has 6 atom stereocenters. The summed E-state index contributed by atoms with van der Waals surface area (Å²) in [6.07, 6.45) is 8.83. The lowest BCUT2D eigenvalue weighted by Gasteiger charge is -2.61. The van der Waals surface area contributed by atoms with E-state index >= 15 is 0 Å². The fraction of sp³-hybridized carbons (Fsp3) is 0.688. The van der Waals surface area contributed by atoms with Crippen LogP contribution in [0.3, 0.4) is 0 Å². The Hall–Kier alpha value is -2.10. The third-order valence-electron chi connectivity index (χ3n) is 9.28. The van der Waals surface area contributed by atoms with E-state index in [-0.39, 0.29) is 29.4 Å². The number of esters is 2. The molecule has 4 aliphatic carbocycles. The zero-order chi connectivity index (χ0) is 26.2. The van der Waals surface area contributed by atoms with Gasteiger partial charge in [-0.25, -0.2) is 0 Å². The van der Waals surface area contributed by atoms with E-state index in [9.17, 15) is 9.59 Å². The lowest BCUT2D eigenvalue weighted by atomic mass is 9.45. The zero-order valence-electron chi connectivity index (χ0n) is 23.4. The smallest absolute Gasteiger partial charge is 0.314 e. The summed E-state index contributed by atoms with van der Waals surface area (Å²) in [5.41, 5.74) is 3.71. The van der Waals surface area contributed by atoms with Crippen molar-refractivity contribution in [2.45, 2.75) is 105 Å². The SMILES string of the molecule is CC1=CC(OC(=O)CC(C)C)C2CC1C2(C)CC1CCCC(C(=O)Oc2cc(C(C)C)ccc2C)C1. The van der Waals surface area contributed by atoms with Crippen LogP contribution >= 0.6 is 0 Å². The minimum atomic E-state index is -0.105. The largest absolute Gasteiger partial charge is 0.458 e. The molecular weight excluding hydrogens is 448 g/mol. The van der Waals surface area contributed by atoms with E-state index in [2.05, 4.69) is 59.8 Å². The molecule has 0 saturated heterocycles. The Morgan fingerprint density at radius 2 is 1.83 bits per heavy atom. The van der Waals surface area contributed by atoms with Crippen molar-refractivity contribution in [3.05, 3.63) is 41.0 Å². The number of fused-ring (bicyclic) bond motifs is 1. The van der Waals surface area contributed by atoms with E-state index < -0.39 is 0 Å². The lowest BCUT2D eigenvalue weighted by molar-refractivity contribution is -0.166. The Morgan fingerprint density at radius 3 is 2.50 bits per heavy atom. The van der Waals surface area contributed by atoms with Gasteiger partial charge in [0.1, 0.15) is 11.9 Å². The molecule has 0 N–H and O–H groups in total. The van der Waals surface area contributed by atoms with Crippen LogP contribution in [0.4, 0.5) is 0 Å². The summed E-state index contributed by atoms with van der Waals surface area (Å²) in [5.74, 6) is 2.69. The highest BCUT2D eigenvalue weighted by Gasteiger charge is 2.58. The van der Waals surface area contributed by atoms with Crippen LogP contribution in [0.25, 0.3) is 0 Å². The van der Waals surface area contributed by atoms with Gasteiger partial charge in [-0.15, -0.1) is 0 Å². The van der Waals surface area contributed by atoms with Gasteiger partial charge in [-0.3, -0.25) is 9.59 Å².